The summed E-state index contributed by atoms with van der Waals surface area (Å²) in [5, 5.41) is 12.5. The highest BCUT2D eigenvalue weighted by molar-refractivity contribution is 7.89. The molecule has 0 unspecified atom stereocenters. The number of sulfonamides is 1. The number of nitrogens with zero attached hydrogens (tertiary/aromatic N) is 3. The van der Waals surface area contributed by atoms with Gasteiger partial charge in [0, 0.05) is 25.4 Å². The topological polar surface area (TPSA) is 112 Å². The second-order valence-electron chi connectivity index (χ2n) is 8.81. The maximum Gasteiger partial charge on any atom is 0.277 e. The Hall–Kier alpha value is -4.41. The van der Waals surface area contributed by atoms with E-state index in [-0.39, 0.29) is 36.4 Å². The van der Waals surface area contributed by atoms with Crippen LogP contribution in [-0.4, -0.2) is 48.8 Å². The molecule has 1 aromatic heterocycles. The Balaban J connectivity index is 1.51. The van der Waals surface area contributed by atoms with E-state index in [0.29, 0.717) is 0 Å². The fourth-order valence-corrected chi connectivity index (χ4v) is 5.61. The van der Waals surface area contributed by atoms with E-state index in [0.717, 1.165) is 11.1 Å². The average Bonchev–Trinajstić information content (AvgIpc) is 2.94. The van der Waals surface area contributed by atoms with Gasteiger partial charge in [-0.1, -0.05) is 78.9 Å². The number of benzene rings is 3. The third-order valence-corrected chi connectivity index (χ3v) is 7.87. The van der Waals surface area contributed by atoms with Gasteiger partial charge in [0.2, 0.25) is 15.5 Å². The Morgan fingerprint density at radius 3 is 1.95 bits per heavy atom. The summed E-state index contributed by atoms with van der Waals surface area (Å²) in [6, 6.07) is 28.2. The summed E-state index contributed by atoms with van der Waals surface area (Å²) in [5.74, 6) is -1.23. The van der Waals surface area contributed by atoms with Crippen molar-refractivity contribution < 1.29 is 18.3 Å². The zero-order valence-corrected chi connectivity index (χ0v) is 21.2. The van der Waals surface area contributed by atoms with Crippen LogP contribution in [-0.2, 0) is 10.0 Å². The Kier molecular flexibility index (Phi) is 6.99. The molecule has 1 aliphatic heterocycles. The van der Waals surface area contributed by atoms with E-state index in [1.165, 1.54) is 34.0 Å². The van der Waals surface area contributed by atoms with Gasteiger partial charge in [0.1, 0.15) is 6.67 Å². The first-order valence-electron chi connectivity index (χ1n) is 12.0. The van der Waals surface area contributed by atoms with Crippen molar-refractivity contribution in [3.8, 4) is 5.75 Å². The molecule has 0 spiro atoms. The molecule has 194 valence electrons. The van der Waals surface area contributed by atoms with Crippen LogP contribution in [0.25, 0.3) is 0 Å². The molecule has 1 amide bonds. The molecule has 0 radical (unpaired) electrons. The minimum atomic E-state index is -3.78. The van der Waals surface area contributed by atoms with Gasteiger partial charge < -0.3 is 10.0 Å². The number of fused-ring (bicyclic) bond motifs is 1. The van der Waals surface area contributed by atoms with Crippen molar-refractivity contribution >= 4 is 15.9 Å². The number of nitrogens with one attached hydrogen (secondary N) is 1. The maximum absolute atomic E-state index is 13.5. The van der Waals surface area contributed by atoms with Crippen LogP contribution in [0.15, 0.2) is 113 Å². The molecule has 0 bridgehead atoms. The number of pyridine rings is 1. The summed E-state index contributed by atoms with van der Waals surface area (Å²) in [4.78, 5) is 27.3. The summed E-state index contributed by atoms with van der Waals surface area (Å²) in [6.07, 6.45) is 1.48. The van der Waals surface area contributed by atoms with Crippen molar-refractivity contribution in [1.82, 2.24) is 14.3 Å². The van der Waals surface area contributed by atoms with E-state index >= 15 is 0 Å². The van der Waals surface area contributed by atoms with Crippen LogP contribution in [0.2, 0.25) is 0 Å². The first-order valence-corrected chi connectivity index (χ1v) is 13.5. The summed E-state index contributed by atoms with van der Waals surface area (Å²) < 4.78 is 29.4. The van der Waals surface area contributed by atoms with Gasteiger partial charge in [-0.25, -0.2) is 13.1 Å². The quantitative estimate of drug-likeness (QED) is 0.362. The van der Waals surface area contributed by atoms with Crippen LogP contribution in [0, 0.1) is 0 Å². The van der Waals surface area contributed by atoms with Crippen LogP contribution in [0.4, 0.5) is 0 Å². The fraction of sp³-hybridized carbons (Fsp3) is 0.143. The smallest absolute Gasteiger partial charge is 0.277 e. The lowest BCUT2D eigenvalue weighted by Gasteiger charge is -2.44. The number of hydrogen-bond acceptors (Lipinski definition) is 6. The van der Waals surface area contributed by atoms with Crippen LogP contribution >= 0.6 is 0 Å². The number of hydrogen-bond donors (Lipinski definition) is 2. The number of aromatic hydroxyl groups is 1. The molecule has 0 saturated heterocycles. The molecule has 5 rings (SSSR count). The molecule has 4 aromatic rings. The summed E-state index contributed by atoms with van der Waals surface area (Å²) >= 11 is 0. The molecule has 0 aliphatic carbocycles. The minimum absolute atomic E-state index is 0.0141. The maximum atomic E-state index is 13.5. The molecular weight excluding hydrogens is 504 g/mol. The predicted molar refractivity (Wildman–Crippen MR) is 143 cm³/mol. The first-order chi connectivity index (χ1) is 18.4. The number of aromatic nitrogens is 1. The van der Waals surface area contributed by atoms with Gasteiger partial charge in [-0.3, -0.25) is 19.3 Å². The van der Waals surface area contributed by atoms with E-state index in [9.17, 15) is 23.1 Å². The molecule has 3 aromatic carbocycles. The number of amides is 1. The largest absolute Gasteiger partial charge is 0.502 e. The monoisotopic (exact) mass is 530 g/mol. The van der Waals surface area contributed by atoms with E-state index in [4.69, 9.17) is 0 Å². The lowest BCUT2D eigenvalue weighted by molar-refractivity contribution is 0.0683. The zero-order chi connectivity index (χ0) is 26.7. The second kappa shape index (κ2) is 10.5. The lowest BCUT2D eigenvalue weighted by atomic mass is 9.98. The predicted octanol–water partition coefficient (Wildman–Crippen LogP) is 2.67. The molecule has 0 atom stereocenters. The van der Waals surface area contributed by atoms with Crippen LogP contribution < -0.4 is 15.2 Å². The molecule has 2 heterocycles. The third kappa shape index (κ3) is 4.91. The Morgan fingerprint density at radius 1 is 0.816 bits per heavy atom. The van der Waals surface area contributed by atoms with Gasteiger partial charge in [0.15, 0.2) is 11.4 Å². The zero-order valence-electron chi connectivity index (χ0n) is 20.3. The van der Waals surface area contributed by atoms with Crippen molar-refractivity contribution in [2.24, 2.45) is 0 Å². The number of rotatable bonds is 8. The highest BCUT2D eigenvalue weighted by Gasteiger charge is 2.36. The van der Waals surface area contributed by atoms with Crippen molar-refractivity contribution in [2.45, 2.75) is 10.9 Å². The Labute approximate surface area is 220 Å². The van der Waals surface area contributed by atoms with Crippen LogP contribution in [0.3, 0.4) is 0 Å². The van der Waals surface area contributed by atoms with Crippen molar-refractivity contribution in [3.63, 3.8) is 0 Å². The first kappa shape index (κ1) is 25.2. The summed E-state index contributed by atoms with van der Waals surface area (Å²) in [5.41, 5.74) is 1.02. The molecule has 10 heteroatoms. The van der Waals surface area contributed by atoms with E-state index in [2.05, 4.69) is 4.72 Å². The van der Waals surface area contributed by atoms with E-state index in [1.807, 2.05) is 65.7 Å². The average molecular weight is 531 g/mol. The van der Waals surface area contributed by atoms with E-state index in [1.54, 1.807) is 18.2 Å². The molecule has 1 aliphatic rings. The van der Waals surface area contributed by atoms with Gasteiger partial charge in [0.05, 0.1) is 10.9 Å². The van der Waals surface area contributed by atoms with Crippen molar-refractivity contribution in [1.29, 1.82) is 0 Å². The standard InChI is InChI=1S/C28H26N4O5S/c33-24-16-18-31-26(27(24)34)28(35)30(19-17-29-38(36,37)23-14-8-3-9-15-23)20-32(31)25(21-10-4-1-5-11-21)22-12-6-2-7-13-22/h1-16,18,25,29,34H,17,19-20H2. The van der Waals surface area contributed by atoms with Crippen molar-refractivity contribution in [2.75, 3.05) is 24.8 Å². The van der Waals surface area contributed by atoms with Gasteiger partial charge in [-0.05, 0) is 23.3 Å². The molecule has 38 heavy (non-hydrogen) atoms. The normalized spacial score (nSPS) is 13.6. The van der Waals surface area contributed by atoms with Crippen molar-refractivity contribution in [3.05, 3.63) is 130 Å². The summed E-state index contributed by atoms with van der Waals surface area (Å²) in [6.45, 7) is 0.0336. The van der Waals surface area contributed by atoms with Crippen LogP contribution in [0.1, 0.15) is 27.7 Å². The van der Waals surface area contributed by atoms with Gasteiger partial charge in [-0.2, -0.15) is 0 Å². The highest BCUT2D eigenvalue weighted by atomic mass is 32.2. The molecule has 0 fully saturated rings. The highest BCUT2D eigenvalue weighted by Crippen LogP contribution is 2.31. The molecular formula is C28H26N4O5S. The van der Waals surface area contributed by atoms with Crippen LogP contribution in [0.5, 0.6) is 5.75 Å². The second-order valence-corrected chi connectivity index (χ2v) is 10.6. The fourth-order valence-electron chi connectivity index (χ4n) is 4.57. The Morgan fingerprint density at radius 2 is 1.37 bits per heavy atom. The number of carbonyl (C=O) groups is 1. The summed E-state index contributed by atoms with van der Waals surface area (Å²) in [7, 11) is -3.78. The van der Waals surface area contributed by atoms with Gasteiger partial charge in [-0.15, -0.1) is 0 Å². The Bertz CT molecular complexity index is 1550. The molecule has 2 N–H and O–H groups in total. The SMILES string of the molecule is O=C1c2c(O)c(=O)ccn2N(C(c2ccccc2)c2ccccc2)CN1CCNS(=O)(=O)c1ccccc1. The minimum Gasteiger partial charge on any atom is -0.502 e. The third-order valence-electron chi connectivity index (χ3n) is 6.39. The van der Waals surface area contributed by atoms with Gasteiger partial charge in [0.25, 0.3) is 5.91 Å². The van der Waals surface area contributed by atoms with E-state index < -0.39 is 27.1 Å². The molecule has 9 nitrogen and oxygen atoms in total. The number of carbonyl (C=O) groups excluding carboxylic acids is 1. The lowest BCUT2D eigenvalue weighted by Crippen LogP contribution is -2.56. The van der Waals surface area contributed by atoms with Gasteiger partial charge >= 0.3 is 0 Å². The molecule has 0 saturated carbocycles.